The first-order chi connectivity index (χ1) is 17.4. The largest absolute Gasteiger partial charge is 0.396 e. The van der Waals surface area contributed by atoms with Gasteiger partial charge in [0, 0.05) is 12.5 Å². The second-order valence-electron chi connectivity index (χ2n) is 7.90. The van der Waals surface area contributed by atoms with Crippen molar-refractivity contribution in [3.8, 4) is 0 Å². The van der Waals surface area contributed by atoms with Gasteiger partial charge in [-0.15, -0.1) is 0 Å². The van der Waals surface area contributed by atoms with E-state index in [9.17, 15) is 44.0 Å². The molecule has 0 radical (unpaired) electrons. The van der Waals surface area contributed by atoms with E-state index in [1.165, 1.54) is 47.0 Å². The summed E-state index contributed by atoms with van der Waals surface area (Å²) in [6.07, 6.45) is 1.87. The summed E-state index contributed by atoms with van der Waals surface area (Å²) in [6.45, 7) is 0. The molecular weight excluding hydrogens is 597 g/mol. The van der Waals surface area contributed by atoms with Gasteiger partial charge in [0.1, 0.15) is 0 Å². The molecule has 0 saturated carbocycles. The Morgan fingerprint density at radius 3 is 1.37 bits per heavy atom. The Balaban J connectivity index is 1.53. The first kappa shape index (κ1) is 27.8. The van der Waals surface area contributed by atoms with Crippen LogP contribution in [0.5, 0.6) is 0 Å². The number of nitrogens with zero attached hydrogens (tertiary/aromatic N) is 2. The molecule has 4 rings (SSSR count). The molecule has 2 amide bonds. The van der Waals surface area contributed by atoms with E-state index < -0.39 is 53.6 Å². The van der Waals surface area contributed by atoms with E-state index in [-0.39, 0.29) is 30.2 Å². The first-order valence-electron chi connectivity index (χ1n) is 9.99. The predicted octanol–water partition coefficient (Wildman–Crippen LogP) is 3.56. The highest BCUT2D eigenvalue weighted by atomic mass is 32.2. The lowest BCUT2D eigenvalue weighted by Gasteiger charge is -2.23. The average Bonchev–Trinajstić information content (AvgIpc) is 3.38. The number of thiazole rings is 2. The standard InChI is InChI=1S/C20H14F4N4O6S4/c1-37(31,32)9-3-5-11-13(7-9)35-17(25-11)27-15(29)19(21,22)20(23,24)16(30)28-18-26-12-6-4-10(38(2,33)34)8-14(12)36-18/h3-8H,1-2H3,(H,25,27,29)(H,26,28,30). The van der Waals surface area contributed by atoms with Crippen LogP contribution in [0.1, 0.15) is 0 Å². The van der Waals surface area contributed by atoms with Crippen LogP contribution in [0.15, 0.2) is 46.2 Å². The van der Waals surface area contributed by atoms with Gasteiger partial charge in [0.05, 0.1) is 30.2 Å². The van der Waals surface area contributed by atoms with Gasteiger partial charge in [-0.3, -0.25) is 20.2 Å². The van der Waals surface area contributed by atoms with E-state index >= 15 is 0 Å². The van der Waals surface area contributed by atoms with Gasteiger partial charge in [-0.25, -0.2) is 26.8 Å². The summed E-state index contributed by atoms with van der Waals surface area (Å²) in [6, 6.07) is 7.23. The van der Waals surface area contributed by atoms with Gasteiger partial charge in [-0.05, 0) is 36.4 Å². The van der Waals surface area contributed by atoms with Gasteiger partial charge in [-0.1, -0.05) is 22.7 Å². The molecular formula is C20H14F4N4O6S4. The van der Waals surface area contributed by atoms with Crippen LogP contribution in [0.2, 0.25) is 0 Å². The Morgan fingerprint density at radius 1 is 0.711 bits per heavy atom. The summed E-state index contributed by atoms with van der Waals surface area (Å²) >= 11 is 1.12. The van der Waals surface area contributed by atoms with Gasteiger partial charge in [-0.2, -0.15) is 17.6 Å². The molecule has 10 nitrogen and oxygen atoms in total. The second kappa shape index (κ2) is 9.21. The minimum absolute atomic E-state index is 0.109. The van der Waals surface area contributed by atoms with Crippen LogP contribution in [0.25, 0.3) is 20.4 Å². The fraction of sp³-hybridized carbons (Fsp3) is 0.200. The molecule has 0 spiro atoms. The van der Waals surface area contributed by atoms with Gasteiger partial charge >= 0.3 is 23.7 Å². The van der Waals surface area contributed by atoms with E-state index in [1.807, 2.05) is 0 Å². The number of nitrogens with one attached hydrogen (secondary N) is 2. The third-order valence-corrected chi connectivity index (χ3v) is 9.07. The summed E-state index contributed by atoms with van der Waals surface area (Å²) in [5, 5.41) is 2.01. The van der Waals surface area contributed by atoms with Crippen LogP contribution >= 0.6 is 22.7 Å². The lowest BCUT2D eigenvalue weighted by molar-refractivity contribution is -0.204. The van der Waals surface area contributed by atoms with E-state index in [4.69, 9.17) is 0 Å². The third kappa shape index (κ3) is 5.20. The number of hydrogen-bond donors (Lipinski definition) is 2. The maximum Gasteiger partial charge on any atom is 0.396 e. The van der Waals surface area contributed by atoms with Crippen molar-refractivity contribution < 1.29 is 44.0 Å². The van der Waals surface area contributed by atoms with Gasteiger partial charge in [0.25, 0.3) is 0 Å². The first-order valence-corrected chi connectivity index (χ1v) is 15.4. The average molecular weight is 611 g/mol. The van der Waals surface area contributed by atoms with Crippen LogP contribution in [0, 0.1) is 0 Å². The number of hydrogen-bond acceptors (Lipinski definition) is 10. The zero-order chi connectivity index (χ0) is 28.3. The summed E-state index contributed by atoms with van der Waals surface area (Å²) in [5.41, 5.74) is 0.223. The zero-order valence-corrected chi connectivity index (χ0v) is 22.2. The molecule has 0 atom stereocenters. The highest BCUT2D eigenvalue weighted by Gasteiger charge is 2.67. The molecule has 2 heterocycles. The molecule has 2 aromatic carbocycles. The highest BCUT2D eigenvalue weighted by Crippen LogP contribution is 2.38. The fourth-order valence-corrected chi connectivity index (χ4v) is 6.26. The van der Waals surface area contributed by atoms with Gasteiger partial charge in [0.15, 0.2) is 29.9 Å². The molecule has 2 aromatic heterocycles. The summed E-state index contributed by atoms with van der Waals surface area (Å²) in [5.74, 6) is -16.1. The lowest BCUT2D eigenvalue weighted by Crippen LogP contribution is -2.56. The van der Waals surface area contributed by atoms with Crippen molar-refractivity contribution in [2.75, 3.05) is 23.1 Å². The number of fused-ring (bicyclic) bond motifs is 2. The van der Waals surface area contributed by atoms with Crippen LogP contribution < -0.4 is 10.6 Å². The molecule has 0 unspecified atom stereocenters. The number of carbonyl (C=O) groups is 2. The zero-order valence-electron chi connectivity index (χ0n) is 19.0. The van der Waals surface area contributed by atoms with Crippen molar-refractivity contribution in [3.05, 3.63) is 36.4 Å². The Bertz CT molecular complexity index is 1700. The minimum atomic E-state index is -5.53. The minimum Gasteiger partial charge on any atom is -0.296 e. The number of rotatable bonds is 7. The van der Waals surface area contributed by atoms with Crippen molar-refractivity contribution in [1.82, 2.24) is 9.97 Å². The molecule has 0 aliphatic heterocycles. The van der Waals surface area contributed by atoms with Gasteiger partial charge in [0.2, 0.25) is 0 Å². The van der Waals surface area contributed by atoms with E-state index in [0.29, 0.717) is 22.7 Å². The number of carbonyl (C=O) groups excluding carboxylic acids is 2. The number of halogens is 4. The van der Waals surface area contributed by atoms with Crippen molar-refractivity contribution in [3.63, 3.8) is 0 Å². The third-order valence-electron chi connectivity index (χ3n) is 4.98. The summed E-state index contributed by atoms with van der Waals surface area (Å²) < 4.78 is 105. The van der Waals surface area contributed by atoms with E-state index in [0.717, 1.165) is 12.5 Å². The number of aromatic nitrogens is 2. The monoisotopic (exact) mass is 610 g/mol. The molecule has 18 heteroatoms. The molecule has 202 valence electrons. The molecule has 0 fully saturated rings. The maximum atomic E-state index is 14.5. The van der Waals surface area contributed by atoms with E-state index in [1.54, 1.807) is 0 Å². The SMILES string of the molecule is CS(=O)(=O)c1ccc2nc(NC(=O)C(F)(F)C(F)(F)C(=O)Nc3nc4ccc(S(C)(=O)=O)cc4s3)sc2c1. The Hall–Kier alpha value is -3.22. The smallest absolute Gasteiger partial charge is 0.296 e. The normalized spacial score (nSPS) is 13.1. The summed E-state index contributed by atoms with van der Waals surface area (Å²) in [7, 11) is -7.21. The van der Waals surface area contributed by atoms with Crippen LogP contribution in [0.4, 0.5) is 27.8 Å². The maximum absolute atomic E-state index is 14.5. The van der Waals surface area contributed by atoms with Crippen LogP contribution in [-0.4, -0.2) is 63.0 Å². The molecule has 38 heavy (non-hydrogen) atoms. The van der Waals surface area contributed by atoms with E-state index in [2.05, 4.69) is 9.97 Å². The van der Waals surface area contributed by atoms with Crippen molar-refractivity contribution >= 4 is 84.9 Å². The summed E-state index contributed by atoms with van der Waals surface area (Å²) in [4.78, 5) is 31.6. The van der Waals surface area contributed by atoms with Crippen LogP contribution in [0.3, 0.4) is 0 Å². The molecule has 2 N–H and O–H groups in total. The Kier molecular flexibility index (Phi) is 6.74. The second-order valence-corrected chi connectivity index (χ2v) is 14.0. The molecule has 0 saturated heterocycles. The van der Waals surface area contributed by atoms with Crippen molar-refractivity contribution in [1.29, 1.82) is 0 Å². The Labute approximate surface area is 219 Å². The fourth-order valence-electron chi connectivity index (χ4n) is 3.01. The number of benzene rings is 2. The number of sulfone groups is 2. The predicted molar refractivity (Wildman–Crippen MR) is 133 cm³/mol. The lowest BCUT2D eigenvalue weighted by atomic mass is 10.1. The number of anilines is 2. The molecule has 0 aliphatic carbocycles. The van der Waals surface area contributed by atoms with Crippen molar-refractivity contribution in [2.45, 2.75) is 21.6 Å². The topological polar surface area (TPSA) is 152 Å². The molecule has 4 aromatic rings. The van der Waals surface area contributed by atoms with Gasteiger partial charge < -0.3 is 0 Å². The van der Waals surface area contributed by atoms with Crippen molar-refractivity contribution in [2.24, 2.45) is 0 Å². The quantitative estimate of drug-likeness (QED) is 0.302. The number of amides is 2. The highest BCUT2D eigenvalue weighted by molar-refractivity contribution is 7.91. The number of alkyl halides is 4. The molecule has 0 bridgehead atoms. The Morgan fingerprint density at radius 2 is 1.05 bits per heavy atom. The van der Waals surface area contributed by atoms with Crippen LogP contribution in [-0.2, 0) is 29.3 Å². The molecule has 0 aliphatic rings.